The molecule has 1 aromatic rings. The van der Waals surface area contributed by atoms with Crippen molar-refractivity contribution in [2.45, 2.75) is 58.6 Å². The van der Waals surface area contributed by atoms with Crippen LogP contribution in [0.4, 0.5) is 0 Å². The third kappa shape index (κ3) is 4.24. The average Bonchev–Trinajstić information content (AvgIpc) is 2.42. The first kappa shape index (κ1) is 14.4. The van der Waals surface area contributed by atoms with Crippen molar-refractivity contribution in [3.05, 3.63) is 29.8 Å². The van der Waals surface area contributed by atoms with E-state index >= 15 is 0 Å². The van der Waals surface area contributed by atoms with E-state index in [0.29, 0.717) is 12.1 Å². The fourth-order valence-electron chi connectivity index (χ4n) is 2.82. The van der Waals surface area contributed by atoms with Gasteiger partial charge in [0.1, 0.15) is 5.75 Å². The van der Waals surface area contributed by atoms with Gasteiger partial charge < -0.3 is 10.1 Å². The maximum Gasteiger partial charge on any atom is 0.120 e. The summed E-state index contributed by atoms with van der Waals surface area (Å²) in [4.78, 5) is 0. The fraction of sp³-hybridized carbons (Fsp3) is 0.647. The summed E-state index contributed by atoms with van der Waals surface area (Å²) in [7, 11) is 0. The highest BCUT2D eigenvalue weighted by atomic mass is 16.5. The first-order valence-corrected chi connectivity index (χ1v) is 7.69. The number of ether oxygens (including phenoxy) is 1. The van der Waals surface area contributed by atoms with E-state index in [0.717, 1.165) is 18.2 Å². The van der Waals surface area contributed by atoms with Crippen LogP contribution in [0.1, 0.15) is 58.1 Å². The zero-order chi connectivity index (χ0) is 13.7. The summed E-state index contributed by atoms with van der Waals surface area (Å²) in [6.07, 6.45) is 5.43. The summed E-state index contributed by atoms with van der Waals surface area (Å²) in [6.45, 7) is 7.67. The number of hydrogen-bond acceptors (Lipinski definition) is 2. The standard InChI is InChI=1S/C17H27NO/c1-4-18-14(3)15-6-5-7-17(12-15)19-16-10-8-13(2)9-11-16/h5-7,12-14,16,18H,4,8-11H2,1-3H3. The second-order valence-corrected chi connectivity index (χ2v) is 5.85. The smallest absolute Gasteiger partial charge is 0.120 e. The van der Waals surface area contributed by atoms with Gasteiger partial charge >= 0.3 is 0 Å². The molecule has 0 radical (unpaired) electrons. The van der Waals surface area contributed by atoms with Crippen molar-refractivity contribution in [2.24, 2.45) is 5.92 Å². The molecule has 0 amide bonds. The molecule has 2 nitrogen and oxygen atoms in total. The van der Waals surface area contributed by atoms with Gasteiger partial charge in [0, 0.05) is 6.04 Å². The lowest BCUT2D eigenvalue weighted by Crippen LogP contribution is -2.23. The SMILES string of the molecule is CCNC(C)c1cccc(OC2CCC(C)CC2)c1. The monoisotopic (exact) mass is 261 g/mol. The first-order chi connectivity index (χ1) is 9.19. The molecule has 2 rings (SSSR count). The van der Waals surface area contributed by atoms with Gasteiger partial charge in [-0.25, -0.2) is 0 Å². The molecule has 0 aliphatic heterocycles. The van der Waals surface area contributed by atoms with Crippen molar-refractivity contribution in [1.29, 1.82) is 0 Å². The molecule has 1 aliphatic carbocycles. The molecule has 1 N–H and O–H groups in total. The van der Waals surface area contributed by atoms with Gasteiger partial charge in [0.2, 0.25) is 0 Å². The molecule has 1 aromatic carbocycles. The molecule has 106 valence electrons. The molecule has 1 atom stereocenters. The van der Waals surface area contributed by atoms with Gasteiger partial charge in [0.25, 0.3) is 0 Å². The molecular weight excluding hydrogens is 234 g/mol. The van der Waals surface area contributed by atoms with Crippen LogP contribution in [0.25, 0.3) is 0 Å². The Balaban J connectivity index is 1.95. The van der Waals surface area contributed by atoms with Gasteiger partial charge in [0.05, 0.1) is 6.10 Å². The molecule has 1 saturated carbocycles. The topological polar surface area (TPSA) is 21.3 Å². The zero-order valence-corrected chi connectivity index (χ0v) is 12.5. The molecule has 0 aromatic heterocycles. The van der Waals surface area contributed by atoms with Crippen LogP contribution in [0.2, 0.25) is 0 Å². The Kier molecular flexibility index (Phi) is 5.26. The molecule has 1 aliphatic rings. The van der Waals surface area contributed by atoms with Crippen LogP contribution in [0.15, 0.2) is 24.3 Å². The second-order valence-electron chi connectivity index (χ2n) is 5.85. The van der Waals surface area contributed by atoms with E-state index < -0.39 is 0 Å². The van der Waals surface area contributed by atoms with E-state index in [1.165, 1.54) is 31.2 Å². The van der Waals surface area contributed by atoms with Gasteiger partial charge in [-0.15, -0.1) is 0 Å². The minimum atomic E-state index is 0.389. The van der Waals surface area contributed by atoms with E-state index in [9.17, 15) is 0 Å². The van der Waals surface area contributed by atoms with Gasteiger partial charge in [-0.2, -0.15) is 0 Å². The van der Waals surface area contributed by atoms with E-state index in [4.69, 9.17) is 4.74 Å². The summed E-state index contributed by atoms with van der Waals surface area (Å²) in [5, 5.41) is 3.44. The highest BCUT2D eigenvalue weighted by Gasteiger charge is 2.19. The van der Waals surface area contributed by atoms with Crippen LogP contribution in [0.3, 0.4) is 0 Å². The summed E-state index contributed by atoms with van der Waals surface area (Å²) >= 11 is 0. The predicted octanol–water partition coefficient (Wildman–Crippen LogP) is 4.31. The first-order valence-electron chi connectivity index (χ1n) is 7.69. The van der Waals surface area contributed by atoms with Crippen LogP contribution in [-0.4, -0.2) is 12.6 Å². The van der Waals surface area contributed by atoms with E-state index in [1.54, 1.807) is 0 Å². The van der Waals surface area contributed by atoms with E-state index in [-0.39, 0.29) is 0 Å². The Morgan fingerprint density at radius 3 is 2.68 bits per heavy atom. The van der Waals surface area contributed by atoms with Crippen LogP contribution >= 0.6 is 0 Å². The van der Waals surface area contributed by atoms with Crippen molar-refractivity contribution in [3.63, 3.8) is 0 Å². The summed E-state index contributed by atoms with van der Waals surface area (Å²) in [5.41, 5.74) is 1.31. The van der Waals surface area contributed by atoms with Crippen LogP contribution < -0.4 is 10.1 Å². The third-order valence-corrected chi connectivity index (χ3v) is 4.13. The number of hydrogen-bond donors (Lipinski definition) is 1. The molecule has 0 heterocycles. The number of benzene rings is 1. The zero-order valence-electron chi connectivity index (χ0n) is 12.5. The highest BCUT2D eigenvalue weighted by Crippen LogP contribution is 2.28. The Hall–Kier alpha value is -1.02. The normalized spacial score (nSPS) is 25.0. The molecule has 0 saturated heterocycles. The summed E-state index contributed by atoms with van der Waals surface area (Å²) in [6, 6.07) is 8.93. The number of nitrogens with one attached hydrogen (secondary N) is 1. The number of rotatable bonds is 5. The summed E-state index contributed by atoms with van der Waals surface area (Å²) < 4.78 is 6.14. The van der Waals surface area contributed by atoms with Crippen molar-refractivity contribution >= 4 is 0 Å². The van der Waals surface area contributed by atoms with Crippen molar-refractivity contribution in [2.75, 3.05) is 6.54 Å². The molecule has 2 heteroatoms. The maximum atomic E-state index is 6.14. The highest BCUT2D eigenvalue weighted by molar-refractivity contribution is 5.30. The van der Waals surface area contributed by atoms with E-state index in [2.05, 4.69) is 50.4 Å². The largest absolute Gasteiger partial charge is 0.490 e. The Labute approximate surface area is 117 Å². The Morgan fingerprint density at radius 2 is 2.00 bits per heavy atom. The Bertz CT molecular complexity index is 383. The third-order valence-electron chi connectivity index (χ3n) is 4.13. The quantitative estimate of drug-likeness (QED) is 0.852. The molecular formula is C17H27NO. The average molecular weight is 261 g/mol. The second kappa shape index (κ2) is 6.95. The van der Waals surface area contributed by atoms with Gasteiger partial charge in [-0.1, -0.05) is 26.0 Å². The van der Waals surface area contributed by atoms with Gasteiger partial charge in [-0.05, 0) is 62.8 Å². The van der Waals surface area contributed by atoms with Crippen LogP contribution in [0.5, 0.6) is 5.75 Å². The van der Waals surface area contributed by atoms with Crippen molar-refractivity contribution < 1.29 is 4.74 Å². The maximum absolute atomic E-state index is 6.14. The molecule has 1 unspecified atom stereocenters. The van der Waals surface area contributed by atoms with Crippen molar-refractivity contribution in [1.82, 2.24) is 5.32 Å². The molecule has 0 spiro atoms. The fourth-order valence-corrected chi connectivity index (χ4v) is 2.82. The minimum absolute atomic E-state index is 0.389. The Morgan fingerprint density at radius 1 is 1.26 bits per heavy atom. The molecule has 19 heavy (non-hydrogen) atoms. The lowest BCUT2D eigenvalue weighted by atomic mass is 9.89. The summed E-state index contributed by atoms with van der Waals surface area (Å²) in [5.74, 6) is 1.90. The molecule has 0 bridgehead atoms. The predicted molar refractivity (Wildman–Crippen MR) is 80.6 cm³/mol. The van der Waals surface area contributed by atoms with Gasteiger partial charge in [0.15, 0.2) is 0 Å². The minimum Gasteiger partial charge on any atom is -0.490 e. The molecule has 1 fully saturated rings. The van der Waals surface area contributed by atoms with Crippen LogP contribution in [-0.2, 0) is 0 Å². The van der Waals surface area contributed by atoms with Crippen molar-refractivity contribution in [3.8, 4) is 5.75 Å². The lowest BCUT2D eigenvalue weighted by Gasteiger charge is -2.27. The van der Waals surface area contributed by atoms with E-state index in [1.807, 2.05) is 0 Å². The lowest BCUT2D eigenvalue weighted by molar-refractivity contribution is 0.135. The van der Waals surface area contributed by atoms with Crippen LogP contribution in [0, 0.1) is 5.92 Å². The van der Waals surface area contributed by atoms with Gasteiger partial charge in [-0.3, -0.25) is 0 Å².